The molecule has 1 aromatic carbocycles. The fourth-order valence-corrected chi connectivity index (χ4v) is 3.08. The second-order valence-electron chi connectivity index (χ2n) is 4.78. The average molecular weight is 332 g/mol. The third-order valence-corrected chi connectivity index (χ3v) is 4.64. The third kappa shape index (κ3) is 3.20. The highest BCUT2D eigenvalue weighted by Gasteiger charge is 2.16. The van der Waals surface area contributed by atoms with E-state index in [1.54, 1.807) is 16.8 Å². The fraction of sp³-hybridized carbons (Fsp3) is 0.0714. The molecule has 0 amide bonds. The molecule has 0 radical (unpaired) electrons. The van der Waals surface area contributed by atoms with Crippen molar-refractivity contribution in [1.29, 1.82) is 0 Å². The minimum atomic E-state index is -3.76. The van der Waals surface area contributed by atoms with Crippen LogP contribution in [0.4, 0.5) is 5.69 Å². The van der Waals surface area contributed by atoms with Crippen LogP contribution in [-0.4, -0.2) is 23.0 Å². The Morgan fingerprint density at radius 1 is 1.17 bits per heavy atom. The van der Waals surface area contributed by atoms with Gasteiger partial charge in [0.05, 0.1) is 27.6 Å². The molecule has 1 N–H and O–H groups in total. The number of hydrogen-bond acceptors (Lipinski definition) is 5. The number of benzene rings is 1. The number of nitro groups is 1. The summed E-state index contributed by atoms with van der Waals surface area (Å²) in [4.78, 5) is 9.97. The monoisotopic (exact) mass is 332 g/mol. The summed E-state index contributed by atoms with van der Waals surface area (Å²) in [6, 6.07) is 12.0. The van der Waals surface area contributed by atoms with Crippen molar-refractivity contribution >= 4 is 21.2 Å². The molecule has 2 heterocycles. The van der Waals surface area contributed by atoms with E-state index in [9.17, 15) is 18.5 Å². The van der Waals surface area contributed by atoms with Gasteiger partial charge in [0.25, 0.3) is 5.69 Å². The van der Waals surface area contributed by atoms with Gasteiger partial charge in [0, 0.05) is 18.3 Å². The van der Waals surface area contributed by atoms with Crippen LogP contribution in [0.3, 0.4) is 0 Å². The number of aromatic nitrogens is 2. The molecule has 0 spiro atoms. The molecule has 9 heteroatoms. The van der Waals surface area contributed by atoms with Crippen LogP contribution in [0.1, 0.15) is 5.69 Å². The smallest absolute Gasteiger partial charge is 0.258 e. The van der Waals surface area contributed by atoms with Crippen molar-refractivity contribution in [2.24, 2.45) is 0 Å². The van der Waals surface area contributed by atoms with Gasteiger partial charge in [-0.05, 0) is 30.3 Å². The number of nitrogens with zero attached hydrogens (tertiary/aromatic N) is 3. The zero-order chi connectivity index (χ0) is 16.4. The quantitative estimate of drug-likeness (QED) is 0.565. The van der Waals surface area contributed by atoms with Gasteiger partial charge < -0.3 is 0 Å². The molecule has 0 saturated carbocycles. The Morgan fingerprint density at radius 2 is 1.91 bits per heavy atom. The Bertz CT molecular complexity index is 931. The van der Waals surface area contributed by atoms with E-state index in [4.69, 9.17) is 0 Å². The first-order valence-electron chi connectivity index (χ1n) is 6.63. The van der Waals surface area contributed by atoms with Crippen molar-refractivity contribution < 1.29 is 13.3 Å². The molecular formula is C14H12N4O4S. The Balaban J connectivity index is 1.76. The molecule has 8 nitrogen and oxygen atoms in total. The number of rotatable bonds is 5. The standard InChI is InChI=1S/C14H12N4O4S/c19-18(20)12-4-6-14(7-5-12)23(21,22)15-10-11-9-13-3-1-2-8-17(13)16-11/h1-9,15H,10H2. The summed E-state index contributed by atoms with van der Waals surface area (Å²) in [5, 5.41) is 14.8. The number of nitro benzene ring substituents is 1. The van der Waals surface area contributed by atoms with Crippen molar-refractivity contribution in [3.8, 4) is 0 Å². The topological polar surface area (TPSA) is 107 Å². The minimum Gasteiger partial charge on any atom is -0.258 e. The van der Waals surface area contributed by atoms with Crippen LogP contribution in [0.2, 0.25) is 0 Å². The number of hydrogen-bond donors (Lipinski definition) is 1. The molecule has 2 aromatic heterocycles. The third-order valence-electron chi connectivity index (χ3n) is 3.22. The molecule has 23 heavy (non-hydrogen) atoms. The molecule has 0 bridgehead atoms. The highest BCUT2D eigenvalue weighted by atomic mass is 32.2. The van der Waals surface area contributed by atoms with Crippen LogP contribution in [-0.2, 0) is 16.6 Å². The van der Waals surface area contributed by atoms with E-state index in [0.29, 0.717) is 5.69 Å². The lowest BCUT2D eigenvalue weighted by molar-refractivity contribution is -0.384. The highest BCUT2D eigenvalue weighted by molar-refractivity contribution is 7.89. The van der Waals surface area contributed by atoms with Crippen molar-refractivity contribution in [3.05, 3.63) is 70.5 Å². The Kier molecular flexibility index (Phi) is 3.80. The van der Waals surface area contributed by atoms with Crippen molar-refractivity contribution in [2.75, 3.05) is 0 Å². The summed E-state index contributed by atoms with van der Waals surface area (Å²) in [6.45, 7) is 0.0288. The molecule has 0 fully saturated rings. The van der Waals surface area contributed by atoms with E-state index in [2.05, 4.69) is 9.82 Å². The maximum atomic E-state index is 12.2. The van der Waals surface area contributed by atoms with E-state index in [1.165, 1.54) is 12.1 Å². The van der Waals surface area contributed by atoms with Crippen LogP contribution in [0.5, 0.6) is 0 Å². The second kappa shape index (κ2) is 5.78. The molecule has 0 aliphatic carbocycles. The van der Waals surface area contributed by atoms with Crippen molar-refractivity contribution in [2.45, 2.75) is 11.4 Å². The first-order valence-corrected chi connectivity index (χ1v) is 8.11. The van der Waals surface area contributed by atoms with Crippen LogP contribution in [0.15, 0.2) is 59.6 Å². The summed E-state index contributed by atoms with van der Waals surface area (Å²) in [5.74, 6) is 0. The van der Waals surface area contributed by atoms with Gasteiger partial charge in [-0.15, -0.1) is 0 Å². The number of sulfonamides is 1. The van der Waals surface area contributed by atoms with E-state index in [-0.39, 0.29) is 17.1 Å². The zero-order valence-electron chi connectivity index (χ0n) is 11.8. The number of non-ortho nitro benzene ring substituents is 1. The van der Waals surface area contributed by atoms with Crippen LogP contribution in [0.25, 0.3) is 5.52 Å². The molecule has 3 rings (SSSR count). The first kappa shape index (κ1) is 15.1. The summed E-state index contributed by atoms with van der Waals surface area (Å²) in [7, 11) is -3.76. The maximum Gasteiger partial charge on any atom is 0.269 e. The molecular weight excluding hydrogens is 320 g/mol. The van der Waals surface area contributed by atoms with E-state index < -0.39 is 14.9 Å². The van der Waals surface area contributed by atoms with Gasteiger partial charge in [0.2, 0.25) is 10.0 Å². The fourth-order valence-electron chi connectivity index (χ4n) is 2.08. The largest absolute Gasteiger partial charge is 0.269 e. The second-order valence-corrected chi connectivity index (χ2v) is 6.55. The van der Waals surface area contributed by atoms with Crippen molar-refractivity contribution in [3.63, 3.8) is 0 Å². The van der Waals surface area contributed by atoms with Crippen LogP contribution >= 0.6 is 0 Å². The maximum absolute atomic E-state index is 12.2. The summed E-state index contributed by atoms with van der Waals surface area (Å²) in [6.07, 6.45) is 1.77. The average Bonchev–Trinajstić information content (AvgIpc) is 2.96. The normalized spacial score (nSPS) is 11.7. The molecule has 118 valence electrons. The van der Waals surface area contributed by atoms with Gasteiger partial charge in [-0.25, -0.2) is 17.7 Å². The lowest BCUT2D eigenvalue weighted by Gasteiger charge is -2.04. The Morgan fingerprint density at radius 3 is 2.57 bits per heavy atom. The highest BCUT2D eigenvalue weighted by Crippen LogP contribution is 2.16. The van der Waals surface area contributed by atoms with Crippen LogP contribution in [0, 0.1) is 10.1 Å². The lowest BCUT2D eigenvalue weighted by Crippen LogP contribution is -2.23. The molecule has 0 aliphatic rings. The minimum absolute atomic E-state index is 0.0288. The molecule has 0 aliphatic heterocycles. The number of pyridine rings is 1. The van der Waals surface area contributed by atoms with Crippen molar-refractivity contribution in [1.82, 2.24) is 14.3 Å². The lowest BCUT2D eigenvalue weighted by atomic mass is 10.3. The van der Waals surface area contributed by atoms with Gasteiger partial charge in [0.1, 0.15) is 0 Å². The summed E-state index contributed by atoms with van der Waals surface area (Å²) < 4.78 is 28.4. The van der Waals surface area contributed by atoms with Crippen LogP contribution < -0.4 is 4.72 Å². The summed E-state index contributed by atoms with van der Waals surface area (Å²) >= 11 is 0. The predicted octanol–water partition coefficient (Wildman–Crippen LogP) is 1.72. The first-order chi connectivity index (χ1) is 11.0. The zero-order valence-corrected chi connectivity index (χ0v) is 12.6. The molecule has 0 atom stereocenters. The SMILES string of the molecule is O=[N+]([O-])c1ccc(S(=O)(=O)NCc2cc3ccccn3n2)cc1. The van der Waals surface area contributed by atoms with E-state index >= 15 is 0 Å². The van der Waals surface area contributed by atoms with Gasteiger partial charge in [-0.2, -0.15) is 5.10 Å². The van der Waals surface area contributed by atoms with E-state index in [1.807, 2.05) is 18.2 Å². The number of nitrogens with one attached hydrogen (secondary N) is 1. The molecule has 0 unspecified atom stereocenters. The van der Waals surface area contributed by atoms with Gasteiger partial charge in [-0.1, -0.05) is 6.07 Å². The molecule has 0 saturated heterocycles. The molecule has 3 aromatic rings. The predicted molar refractivity (Wildman–Crippen MR) is 82.3 cm³/mol. The summed E-state index contributed by atoms with van der Waals surface area (Å²) in [5.41, 5.74) is 1.27. The van der Waals surface area contributed by atoms with E-state index in [0.717, 1.165) is 17.6 Å². The van der Waals surface area contributed by atoms with Gasteiger partial charge >= 0.3 is 0 Å². The van der Waals surface area contributed by atoms with Gasteiger partial charge in [-0.3, -0.25) is 10.1 Å². The Hall–Kier alpha value is -2.78. The van der Waals surface area contributed by atoms with Gasteiger partial charge in [0.15, 0.2) is 0 Å². The number of fused-ring (bicyclic) bond motifs is 1. The Labute approximate surface area is 131 Å².